The average Bonchev–Trinajstić information content (AvgIpc) is 3.12. The largest absolute Gasteiger partial charge is 0.357 e. The molecule has 2 heterocycles. The van der Waals surface area contributed by atoms with Gasteiger partial charge in [-0.15, -0.1) is 0 Å². The number of para-hydroxylation sites is 1. The molecule has 1 atom stereocenters. The second-order valence-electron chi connectivity index (χ2n) is 8.15. The highest BCUT2D eigenvalue weighted by atomic mass is 35.5. The van der Waals surface area contributed by atoms with E-state index in [0.717, 1.165) is 33.3 Å². The lowest BCUT2D eigenvalue weighted by molar-refractivity contribution is 0.340. The number of fused-ring (bicyclic) bond motifs is 3. The second-order valence-corrected chi connectivity index (χ2v) is 10.4. The van der Waals surface area contributed by atoms with Crippen LogP contribution in [0.4, 0.5) is 0 Å². The Hall–Kier alpha value is -2.60. The van der Waals surface area contributed by atoms with Gasteiger partial charge in [-0.25, -0.2) is 8.42 Å². The van der Waals surface area contributed by atoms with Gasteiger partial charge in [-0.2, -0.15) is 4.31 Å². The second kappa shape index (κ2) is 7.52. The number of aromatic amines is 1. The summed E-state index contributed by atoms with van der Waals surface area (Å²) in [5, 5.41) is 1.78. The fraction of sp³-hybridized carbons (Fsp3) is 0.200. The van der Waals surface area contributed by atoms with Crippen molar-refractivity contribution in [1.29, 1.82) is 0 Å². The molecule has 158 valence electrons. The third-order valence-corrected chi connectivity index (χ3v) is 8.37. The van der Waals surface area contributed by atoms with Gasteiger partial charge < -0.3 is 4.98 Å². The first-order chi connectivity index (χ1) is 14.9. The van der Waals surface area contributed by atoms with Gasteiger partial charge in [0.25, 0.3) is 0 Å². The molecule has 0 spiro atoms. The molecule has 1 N–H and O–H groups in total. The molecule has 0 amide bonds. The number of rotatable bonds is 3. The van der Waals surface area contributed by atoms with E-state index in [1.165, 1.54) is 5.56 Å². The first-order valence-electron chi connectivity index (χ1n) is 10.3. The highest BCUT2D eigenvalue weighted by Gasteiger charge is 2.39. The summed E-state index contributed by atoms with van der Waals surface area (Å²) in [5.74, 6) is 0. The topological polar surface area (TPSA) is 53.2 Å². The lowest BCUT2D eigenvalue weighted by Crippen LogP contribution is -2.40. The third kappa shape index (κ3) is 3.37. The number of nitrogens with one attached hydrogen (secondary N) is 1. The van der Waals surface area contributed by atoms with E-state index < -0.39 is 16.1 Å². The van der Waals surface area contributed by atoms with Crippen LogP contribution in [0.5, 0.6) is 0 Å². The molecule has 5 rings (SSSR count). The molecule has 6 heteroatoms. The normalized spacial score (nSPS) is 17.1. The van der Waals surface area contributed by atoms with Gasteiger partial charge in [0.1, 0.15) is 0 Å². The summed E-state index contributed by atoms with van der Waals surface area (Å²) >= 11 is 6.13. The molecule has 1 unspecified atom stereocenters. The number of hydrogen-bond acceptors (Lipinski definition) is 2. The van der Waals surface area contributed by atoms with Gasteiger partial charge in [-0.3, -0.25) is 0 Å². The summed E-state index contributed by atoms with van der Waals surface area (Å²) in [6.45, 7) is 4.24. The number of benzene rings is 3. The van der Waals surface area contributed by atoms with Crippen LogP contribution < -0.4 is 0 Å². The molecule has 0 bridgehead atoms. The van der Waals surface area contributed by atoms with Crippen molar-refractivity contribution in [3.05, 3.63) is 99.7 Å². The Labute approximate surface area is 187 Å². The van der Waals surface area contributed by atoms with Crippen LogP contribution in [0.2, 0.25) is 5.02 Å². The smallest absolute Gasteiger partial charge is 0.244 e. The Balaban J connectivity index is 1.72. The van der Waals surface area contributed by atoms with Crippen LogP contribution in [0.1, 0.15) is 34.0 Å². The molecule has 1 aliphatic heterocycles. The molecule has 0 saturated heterocycles. The van der Waals surface area contributed by atoms with Crippen LogP contribution in [0, 0.1) is 13.8 Å². The van der Waals surface area contributed by atoms with Crippen molar-refractivity contribution in [1.82, 2.24) is 9.29 Å². The van der Waals surface area contributed by atoms with E-state index in [9.17, 15) is 8.42 Å². The SMILES string of the molecule is Cc1ccc(S(=O)(=O)N2CCc3c([nH]c4ccccc34)C2c2ccc(Cl)cc2)c(C)c1. The minimum atomic E-state index is -3.72. The van der Waals surface area contributed by atoms with E-state index in [1.807, 2.05) is 68.4 Å². The van der Waals surface area contributed by atoms with Crippen LogP contribution in [0.15, 0.2) is 71.6 Å². The van der Waals surface area contributed by atoms with Crippen molar-refractivity contribution in [3.63, 3.8) is 0 Å². The van der Waals surface area contributed by atoms with Crippen LogP contribution in [0.25, 0.3) is 10.9 Å². The fourth-order valence-electron chi connectivity index (χ4n) is 4.67. The Kier molecular flexibility index (Phi) is 4.93. The van der Waals surface area contributed by atoms with Crippen molar-refractivity contribution in [3.8, 4) is 0 Å². The maximum atomic E-state index is 13.9. The van der Waals surface area contributed by atoms with Gasteiger partial charge in [-0.05, 0) is 61.2 Å². The molecule has 3 aromatic carbocycles. The zero-order valence-electron chi connectivity index (χ0n) is 17.4. The van der Waals surface area contributed by atoms with E-state index >= 15 is 0 Å². The molecule has 31 heavy (non-hydrogen) atoms. The first-order valence-corrected chi connectivity index (χ1v) is 12.1. The predicted octanol–water partition coefficient (Wildman–Crippen LogP) is 5.77. The molecule has 0 radical (unpaired) electrons. The zero-order valence-corrected chi connectivity index (χ0v) is 19.0. The Morgan fingerprint density at radius 3 is 2.48 bits per heavy atom. The van der Waals surface area contributed by atoms with E-state index in [2.05, 4.69) is 11.1 Å². The van der Waals surface area contributed by atoms with Gasteiger partial charge in [0.2, 0.25) is 10.0 Å². The van der Waals surface area contributed by atoms with Crippen molar-refractivity contribution in [2.45, 2.75) is 31.2 Å². The minimum absolute atomic E-state index is 0.358. The van der Waals surface area contributed by atoms with Crippen LogP contribution in [0.3, 0.4) is 0 Å². The summed E-state index contributed by atoms with van der Waals surface area (Å²) < 4.78 is 29.4. The minimum Gasteiger partial charge on any atom is -0.357 e. The van der Waals surface area contributed by atoms with Crippen molar-refractivity contribution < 1.29 is 8.42 Å². The van der Waals surface area contributed by atoms with E-state index in [0.29, 0.717) is 22.9 Å². The molecule has 0 aliphatic carbocycles. The quantitative estimate of drug-likeness (QED) is 0.430. The molecule has 4 aromatic rings. The summed E-state index contributed by atoms with van der Waals surface area (Å²) in [6.07, 6.45) is 0.660. The number of aromatic nitrogens is 1. The molecule has 4 nitrogen and oxygen atoms in total. The number of sulfonamides is 1. The van der Waals surface area contributed by atoms with Gasteiger partial charge in [0.05, 0.1) is 10.9 Å². The molecule has 0 saturated carbocycles. The van der Waals surface area contributed by atoms with E-state index in [4.69, 9.17) is 11.6 Å². The molecule has 1 aromatic heterocycles. The average molecular weight is 451 g/mol. The fourth-order valence-corrected chi connectivity index (χ4v) is 6.59. The van der Waals surface area contributed by atoms with Gasteiger partial charge in [-0.1, -0.05) is 59.6 Å². The van der Waals surface area contributed by atoms with Crippen LogP contribution in [-0.2, 0) is 16.4 Å². The van der Waals surface area contributed by atoms with Gasteiger partial charge >= 0.3 is 0 Å². The van der Waals surface area contributed by atoms with Gasteiger partial charge in [0, 0.05) is 28.2 Å². The number of halogens is 1. The van der Waals surface area contributed by atoms with Crippen molar-refractivity contribution in [2.24, 2.45) is 0 Å². The number of nitrogens with zero attached hydrogens (tertiary/aromatic N) is 1. The Morgan fingerprint density at radius 1 is 1.00 bits per heavy atom. The van der Waals surface area contributed by atoms with Crippen molar-refractivity contribution in [2.75, 3.05) is 6.54 Å². The maximum absolute atomic E-state index is 13.9. The monoisotopic (exact) mass is 450 g/mol. The number of H-pyrrole nitrogens is 1. The number of hydrogen-bond donors (Lipinski definition) is 1. The third-order valence-electron chi connectivity index (χ3n) is 6.09. The summed E-state index contributed by atoms with van der Waals surface area (Å²) in [4.78, 5) is 3.88. The first kappa shape index (κ1) is 20.3. The molecule has 0 fully saturated rings. The number of aryl methyl sites for hydroxylation is 2. The molecular formula is C25H23ClN2O2S. The predicted molar refractivity (Wildman–Crippen MR) is 125 cm³/mol. The highest BCUT2D eigenvalue weighted by molar-refractivity contribution is 7.89. The lowest BCUT2D eigenvalue weighted by Gasteiger charge is -2.35. The van der Waals surface area contributed by atoms with E-state index in [-0.39, 0.29) is 0 Å². The highest BCUT2D eigenvalue weighted by Crippen LogP contribution is 2.41. The van der Waals surface area contributed by atoms with Crippen LogP contribution in [-0.4, -0.2) is 24.3 Å². The molecular weight excluding hydrogens is 428 g/mol. The van der Waals surface area contributed by atoms with E-state index in [1.54, 1.807) is 10.4 Å². The Bertz CT molecular complexity index is 1390. The van der Waals surface area contributed by atoms with Crippen LogP contribution >= 0.6 is 11.6 Å². The maximum Gasteiger partial charge on any atom is 0.244 e. The zero-order chi connectivity index (χ0) is 21.8. The summed E-state index contributed by atoms with van der Waals surface area (Å²) in [7, 11) is -3.72. The summed E-state index contributed by atoms with van der Waals surface area (Å²) in [6, 6.07) is 20.7. The standard InChI is InChI=1S/C25H23ClN2O2S/c1-16-7-12-23(17(2)15-16)31(29,30)28-14-13-21-20-5-3-4-6-22(20)27-24(21)25(28)18-8-10-19(26)11-9-18/h3-12,15,25,27H,13-14H2,1-2H3. The summed E-state index contributed by atoms with van der Waals surface area (Å²) in [5.41, 5.74) is 5.84. The lowest BCUT2D eigenvalue weighted by atomic mass is 9.94. The molecule has 1 aliphatic rings. The Morgan fingerprint density at radius 2 is 1.74 bits per heavy atom. The van der Waals surface area contributed by atoms with Crippen molar-refractivity contribution >= 4 is 32.5 Å². The van der Waals surface area contributed by atoms with Gasteiger partial charge in [0.15, 0.2) is 0 Å².